The smallest absolute Gasteiger partial charge is 0.322 e. The maximum Gasteiger partial charge on any atom is 0.322 e. The van der Waals surface area contributed by atoms with Crippen LogP contribution in [0, 0.1) is 5.82 Å². The number of halogens is 2. The van der Waals surface area contributed by atoms with Crippen LogP contribution in [0.1, 0.15) is 12.0 Å². The van der Waals surface area contributed by atoms with Crippen LogP contribution in [0.2, 0.25) is 0 Å². The number of carbonyl (C=O) groups is 1. The van der Waals surface area contributed by atoms with Gasteiger partial charge < -0.3 is 10.5 Å². The fraction of sp³-hybridized carbons (Fsp3) is 0.417. The highest BCUT2D eigenvalue weighted by molar-refractivity contribution is 9.10. The summed E-state index contributed by atoms with van der Waals surface area (Å²) in [5, 5.41) is 0. The summed E-state index contributed by atoms with van der Waals surface area (Å²) < 4.78 is 18.2. The number of thioether (sulfide) groups is 1. The zero-order valence-electron chi connectivity index (χ0n) is 9.99. The lowest BCUT2D eigenvalue weighted by atomic mass is 10.2. The number of benzene rings is 1. The van der Waals surface area contributed by atoms with E-state index in [-0.39, 0.29) is 5.82 Å². The molecular formula is C12H15BrFNO2S. The van der Waals surface area contributed by atoms with Gasteiger partial charge in [0.15, 0.2) is 0 Å². The molecule has 0 spiro atoms. The van der Waals surface area contributed by atoms with Crippen molar-refractivity contribution in [2.24, 2.45) is 5.73 Å². The maximum atomic E-state index is 12.9. The number of nitrogens with two attached hydrogens (primary N) is 1. The molecule has 0 bridgehead atoms. The zero-order chi connectivity index (χ0) is 13.5. The lowest BCUT2D eigenvalue weighted by Gasteiger charge is -2.09. The first-order valence-electron chi connectivity index (χ1n) is 5.39. The molecule has 1 aromatic rings. The molecule has 0 aliphatic rings. The molecule has 0 fully saturated rings. The van der Waals surface area contributed by atoms with Crippen molar-refractivity contribution in [3.63, 3.8) is 0 Å². The predicted octanol–water partition coefficient (Wildman–Crippen LogP) is 2.71. The highest BCUT2D eigenvalue weighted by Crippen LogP contribution is 2.23. The van der Waals surface area contributed by atoms with Crippen LogP contribution >= 0.6 is 27.7 Å². The molecule has 6 heteroatoms. The second kappa shape index (κ2) is 7.76. The van der Waals surface area contributed by atoms with E-state index in [4.69, 9.17) is 5.73 Å². The Morgan fingerprint density at radius 3 is 2.94 bits per heavy atom. The van der Waals surface area contributed by atoms with Crippen molar-refractivity contribution in [1.82, 2.24) is 0 Å². The third-order valence-corrected chi connectivity index (χ3v) is 4.13. The van der Waals surface area contributed by atoms with Gasteiger partial charge in [0.2, 0.25) is 0 Å². The molecule has 0 radical (unpaired) electrons. The van der Waals surface area contributed by atoms with E-state index >= 15 is 0 Å². The molecule has 0 saturated carbocycles. The molecule has 0 aliphatic carbocycles. The highest BCUT2D eigenvalue weighted by Gasteiger charge is 2.12. The molecule has 18 heavy (non-hydrogen) atoms. The topological polar surface area (TPSA) is 52.3 Å². The van der Waals surface area contributed by atoms with Gasteiger partial charge in [0.05, 0.1) is 7.11 Å². The van der Waals surface area contributed by atoms with Crippen LogP contribution in [-0.2, 0) is 15.3 Å². The second-order valence-corrected chi connectivity index (χ2v) is 5.67. The normalized spacial score (nSPS) is 12.2. The number of hydrogen-bond donors (Lipinski definition) is 1. The minimum atomic E-state index is -0.570. The van der Waals surface area contributed by atoms with Gasteiger partial charge in [-0.15, -0.1) is 0 Å². The summed E-state index contributed by atoms with van der Waals surface area (Å²) >= 11 is 4.95. The third-order valence-electron chi connectivity index (χ3n) is 2.35. The van der Waals surface area contributed by atoms with Crippen LogP contribution in [0.5, 0.6) is 0 Å². The molecule has 3 nitrogen and oxygen atoms in total. The Kier molecular flexibility index (Phi) is 6.67. The van der Waals surface area contributed by atoms with E-state index < -0.39 is 12.0 Å². The molecule has 1 atom stereocenters. The molecule has 1 unspecified atom stereocenters. The fourth-order valence-electron chi connectivity index (χ4n) is 1.30. The zero-order valence-corrected chi connectivity index (χ0v) is 12.4. The summed E-state index contributed by atoms with van der Waals surface area (Å²) in [6.45, 7) is 0. The molecule has 0 aliphatic heterocycles. The van der Waals surface area contributed by atoms with Gasteiger partial charge >= 0.3 is 5.97 Å². The summed E-state index contributed by atoms with van der Waals surface area (Å²) in [7, 11) is 1.32. The summed E-state index contributed by atoms with van der Waals surface area (Å²) in [4.78, 5) is 11.1. The molecule has 0 aromatic heterocycles. The van der Waals surface area contributed by atoms with Crippen LogP contribution < -0.4 is 5.73 Å². The summed E-state index contributed by atoms with van der Waals surface area (Å²) in [5.41, 5.74) is 6.63. The van der Waals surface area contributed by atoms with Gasteiger partial charge in [-0.2, -0.15) is 11.8 Å². The SMILES string of the molecule is COC(=O)C(N)CCSCc1ccc(F)cc1Br. The van der Waals surface area contributed by atoms with Gasteiger partial charge in [0, 0.05) is 10.2 Å². The van der Waals surface area contributed by atoms with Crippen LogP contribution in [0.4, 0.5) is 4.39 Å². The Morgan fingerprint density at radius 1 is 1.61 bits per heavy atom. The number of rotatable bonds is 6. The minimum Gasteiger partial charge on any atom is -0.468 e. The van der Waals surface area contributed by atoms with Gasteiger partial charge in [-0.05, 0) is 29.9 Å². The van der Waals surface area contributed by atoms with Crippen molar-refractivity contribution in [2.75, 3.05) is 12.9 Å². The average molecular weight is 336 g/mol. The number of carbonyl (C=O) groups excluding carboxylic acids is 1. The molecule has 0 heterocycles. The standard InChI is InChI=1S/C12H15BrFNO2S/c1-17-12(16)11(15)4-5-18-7-8-2-3-9(14)6-10(8)13/h2-3,6,11H,4-5,7,15H2,1H3. The maximum absolute atomic E-state index is 12.9. The van der Waals surface area contributed by atoms with E-state index in [1.165, 1.54) is 19.2 Å². The van der Waals surface area contributed by atoms with E-state index in [0.717, 1.165) is 21.5 Å². The molecular weight excluding hydrogens is 321 g/mol. The van der Waals surface area contributed by atoms with Crippen molar-refractivity contribution in [2.45, 2.75) is 18.2 Å². The fourth-order valence-corrected chi connectivity index (χ4v) is 3.01. The number of ether oxygens (including phenoxy) is 1. The number of methoxy groups -OCH3 is 1. The van der Waals surface area contributed by atoms with Gasteiger partial charge in [0.1, 0.15) is 11.9 Å². The van der Waals surface area contributed by atoms with Crippen molar-refractivity contribution in [3.05, 3.63) is 34.1 Å². The minimum absolute atomic E-state index is 0.261. The lowest BCUT2D eigenvalue weighted by molar-refractivity contribution is -0.142. The van der Waals surface area contributed by atoms with E-state index in [1.54, 1.807) is 17.8 Å². The third kappa shape index (κ3) is 4.96. The summed E-state index contributed by atoms with van der Waals surface area (Å²) in [6.07, 6.45) is 0.566. The van der Waals surface area contributed by atoms with Gasteiger partial charge in [-0.25, -0.2) is 4.39 Å². The summed E-state index contributed by atoms with van der Waals surface area (Å²) in [5.74, 6) is 0.844. The molecule has 0 amide bonds. The predicted molar refractivity (Wildman–Crippen MR) is 74.9 cm³/mol. The first kappa shape index (κ1) is 15.5. The first-order valence-corrected chi connectivity index (χ1v) is 7.34. The largest absolute Gasteiger partial charge is 0.468 e. The van der Waals surface area contributed by atoms with Gasteiger partial charge in [-0.1, -0.05) is 22.0 Å². The van der Waals surface area contributed by atoms with E-state index in [1.807, 2.05) is 0 Å². The van der Waals surface area contributed by atoms with Crippen molar-refractivity contribution in [1.29, 1.82) is 0 Å². The van der Waals surface area contributed by atoms with Gasteiger partial charge in [-0.3, -0.25) is 4.79 Å². The Hall–Kier alpha value is -0.590. The quantitative estimate of drug-likeness (QED) is 0.641. The average Bonchev–Trinajstić information content (AvgIpc) is 2.35. The monoisotopic (exact) mass is 335 g/mol. The van der Waals surface area contributed by atoms with Crippen LogP contribution in [0.15, 0.2) is 22.7 Å². The molecule has 1 rings (SSSR count). The van der Waals surface area contributed by atoms with E-state index in [9.17, 15) is 9.18 Å². The Labute approximate surface area is 118 Å². The number of hydrogen-bond acceptors (Lipinski definition) is 4. The molecule has 100 valence electrons. The van der Waals surface area contributed by atoms with Crippen molar-refractivity contribution < 1.29 is 13.9 Å². The van der Waals surface area contributed by atoms with Crippen LogP contribution in [-0.4, -0.2) is 24.9 Å². The molecule has 1 aromatic carbocycles. The summed E-state index contributed by atoms with van der Waals surface area (Å²) in [6, 6.07) is 4.04. The Balaban J connectivity index is 2.32. The van der Waals surface area contributed by atoms with Crippen LogP contribution in [0.25, 0.3) is 0 Å². The second-order valence-electron chi connectivity index (χ2n) is 3.71. The lowest BCUT2D eigenvalue weighted by Crippen LogP contribution is -2.31. The number of esters is 1. The first-order chi connectivity index (χ1) is 8.54. The van der Waals surface area contributed by atoms with Crippen molar-refractivity contribution in [3.8, 4) is 0 Å². The van der Waals surface area contributed by atoms with Crippen LogP contribution in [0.3, 0.4) is 0 Å². The van der Waals surface area contributed by atoms with Crippen molar-refractivity contribution >= 4 is 33.7 Å². The van der Waals surface area contributed by atoms with E-state index in [2.05, 4.69) is 20.7 Å². The molecule has 2 N–H and O–H groups in total. The Morgan fingerprint density at radius 2 is 2.33 bits per heavy atom. The molecule has 0 saturated heterocycles. The van der Waals surface area contributed by atoms with Gasteiger partial charge in [0.25, 0.3) is 0 Å². The highest BCUT2D eigenvalue weighted by atomic mass is 79.9. The van der Waals surface area contributed by atoms with E-state index in [0.29, 0.717) is 6.42 Å². The Bertz CT molecular complexity index is 417.